The fraction of sp³-hybridized carbons (Fsp3) is 0.476. The van der Waals surface area contributed by atoms with Gasteiger partial charge >= 0.3 is 0 Å². The Morgan fingerprint density at radius 3 is 2.57 bits per heavy atom. The zero-order valence-electron chi connectivity index (χ0n) is 16.5. The van der Waals surface area contributed by atoms with Crippen molar-refractivity contribution in [2.24, 2.45) is 4.99 Å². The van der Waals surface area contributed by atoms with E-state index in [1.54, 1.807) is 12.5 Å². The van der Waals surface area contributed by atoms with Crippen LogP contribution < -0.4 is 10.6 Å². The van der Waals surface area contributed by atoms with Gasteiger partial charge in [-0.25, -0.2) is 0 Å². The van der Waals surface area contributed by atoms with Crippen molar-refractivity contribution >= 4 is 29.9 Å². The number of aliphatic imine (C=N–C) groups is 1. The van der Waals surface area contributed by atoms with Gasteiger partial charge in [0, 0.05) is 19.5 Å². The van der Waals surface area contributed by atoms with Crippen molar-refractivity contribution in [3.8, 4) is 0 Å². The summed E-state index contributed by atoms with van der Waals surface area (Å²) in [6.07, 6.45) is 6.73. The summed E-state index contributed by atoms with van der Waals surface area (Å²) in [5, 5.41) is 6.74. The van der Waals surface area contributed by atoms with Crippen LogP contribution in [0.4, 0.5) is 0 Å². The number of hydrogen-bond donors (Lipinski definition) is 2. The number of rotatable bonds is 9. The number of guanidine groups is 1. The van der Waals surface area contributed by atoms with Gasteiger partial charge < -0.3 is 19.5 Å². The van der Waals surface area contributed by atoms with Crippen LogP contribution in [0.5, 0.6) is 0 Å². The highest BCUT2D eigenvalue weighted by Gasteiger charge is 2.25. The average Bonchev–Trinajstić information content (AvgIpc) is 3.42. The zero-order chi connectivity index (χ0) is 18.9. The van der Waals surface area contributed by atoms with Crippen molar-refractivity contribution in [3.63, 3.8) is 0 Å². The van der Waals surface area contributed by atoms with E-state index in [0.717, 1.165) is 49.1 Å². The Balaban J connectivity index is 0.00000280. The molecule has 1 fully saturated rings. The van der Waals surface area contributed by atoms with Crippen molar-refractivity contribution in [2.75, 3.05) is 32.7 Å². The number of nitrogens with zero attached hydrogens (tertiary/aromatic N) is 2. The summed E-state index contributed by atoms with van der Waals surface area (Å²) in [5.41, 5.74) is 1.07. The molecule has 154 valence electrons. The maximum absolute atomic E-state index is 5.69. The van der Waals surface area contributed by atoms with E-state index in [1.165, 1.54) is 12.8 Å². The summed E-state index contributed by atoms with van der Waals surface area (Å²) in [6, 6.07) is 8.07. The number of halogens is 1. The minimum Gasteiger partial charge on any atom is -0.469 e. The maximum atomic E-state index is 5.69. The monoisotopic (exact) mass is 498 g/mol. The molecule has 0 spiro atoms. The van der Waals surface area contributed by atoms with E-state index in [2.05, 4.69) is 22.1 Å². The normalized spacial score (nSPS) is 15.8. The van der Waals surface area contributed by atoms with E-state index < -0.39 is 0 Å². The van der Waals surface area contributed by atoms with Crippen molar-refractivity contribution in [1.29, 1.82) is 0 Å². The highest BCUT2D eigenvalue weighted by atomic mass is 127. The largest absolute Gasteiger partial charge is 0.469 e. The minimum atomic E-state index is 0. The third-order valence-electron chi connectivity index (χ3n) is 4.68. The Kier molecular flexibility index (Phi) is 9.63. The first kappa shape index (κ1) is 22.5. The zero-order valence-corrected chi connectivity index (χ0v) is 18.9. The summed E-state index contributed by atoms with van der Waals surface area (Å²) in [7, 11) is 0. The molecule has 1 atom stereocenters. The van der Waals surface area contributed by atoms with Crippen LogP contribution >= 0.6 is 24.0 Å². The molecule has 0 aliphatic carbocycles. The van der Waals surface area contributed by atoms with Crippen LogP contribution in [0.3, 0.4) is 0 Å². The van der Waals surface area contributed by atoms with Crippen LogP contribution in [0.1, 0.15) is 37.3 Å². The molecule has 0 amide bonds. The standard InChI is InChI=1S/C21H30N4O2.HI/c1-17(2)15-23-21(22-10-9-18-7-5-13-26-18)24-16-19(20-8-6-14-27-20)25-11-3-4-12-25;/h5-8,13-14,19H,1,3-4,9-12,15-16H2,2H3,(H2,22,23,24);1H. The lowest BCUT2D eigenvalue weighted by Gasteiger charge is -2.24. The summed E-state index contributed by atoms with van der Waals surface area (Å²) in [5.74, 6) is 2.74. The number of likely N-dealkylation sites (tertiary alicyclic amines) is 1. The second kappa shape index (κ2) is 12.0. The van der Waals surface area contributed by atoms with Crippen LogP contribution in [-0.2, 0) is 6.42 Å². The second-order valence-corrected chi connectivity index (χ2v) is 7.03. The molecule has 1 aliphatic heterocycles. The van der Waals surface area contributed by atoms with E-state index in [1.807, 2.05) is 31.2 Å². The molecule has 0 saturated carbocycles. The quantitative estimate of drug-likeness (QED) is 0.237. The molecule has 3 rings (SSSR count). The van der Waals surface area contributed by atoms with Crippen molar-refractivity contribution in [2.45, 2.75) is 32.2 Å². The average molecular weight is 498 g/mol. The smallest absolute Gasteiger partial charge is 0.191 e. The second-order valence-electron chi connectivity index (χ2n) is 7.03. The number of furan rings is 2. The summed E-state index contributed by atoms with van der Waals surface area (Å²) in [6.45, 7) is 10.3. The first-order valence-corrected chi connectivity index (χ1v) is 9.69. The highest BCUT2D eigenvalue weighted by molar-refractivity contribution is 14.0. The van der Waals surface area contributed by atoms with Crippen LogP contribution in [0.25, 0.3) is 0 Å². The predicted molar refractivity (Wildman–Crippen MR) is 123 cm³/mol. The molecule has 2 N–H and O–H groups in total. The van der Waals surface area contributed by atoms with Gasteiger partial charge in [0.2, 0.25) is 0 Å². The lowest BCUT2D eigenvalue weighted by Crippen LogP contribution is -2.40. The molecule has 2 aromatic rings. The van der Waals surface area contributed by atoms with E-state index in [4.69, 9.17) is 13.8 Å². The molecule has 0 radical (unpaired) electrons. The summed E-state index contributed by atoms with van der Waals surface area (Å²) < 4.78 is 11.1. The van der Waals surface area contributed by atoms with E-state index >= 15 is 0 Å². The molecule has 2 aromatic heterocycles. The Hall–Kier alpha value is -1.74. The minimum absolute atomic E-state index is 0. The van der Waals surface area contributed by atoms with E-state index in [0.29, 0.717) is 13.1 Å². The van der Waals surface area contributed by atoms with Crippen LogP contribution in [0.2, 0.25) is 0 Å². The van der Waals surface area contributed by atoms with Gasteiger partial charge in [-0.2, -0.15) is 0 Å². The fourth-order valence-corrected chi connectivity index (χ4v) is 3.27. The molecule has 28 heavy (non-hydrogen) atoms. The summed E-state index contributed by atoms with van der Waals surface area (Å²) in [4.78, 5) is 7.30. The molecule has 3 heterocycles. The molecule has 0 aromatic carbocycles. The summed E-state index contributed by atoms with van der Waals surface area (Å²) >= 11 is 0. The third kappa shape index (κ3) is 7.01. The fourth-order valence-electron chi connectivity index (χ4n) is 3.27. The first-order valence-electron chi connectivity index (χ1n) is 9.69. The third-order valence-corrected chi connectivity index (χ3v) is 4.68. The molecule has 7 heteroatoms. The maximum Gasteiger partial charge on any atom is 0.191 e. The Morgan fingerprint density at radius 1 is 1.18 bits per heavy atom. The van der Waals surface area contributed by atoms with E-state index in [9.17, 15) is 0 Å². The Bertz CT molecular complexity index is 707. The molecule has 6 nitrogen and oxygen atoms in total. The topological polar surface area (TPSA) is 65.9 Å². The molecular weight excluding hydrogens is 467 g/mol. The van der Waals surface area contributed by atoms with Gasteiger partial charge in [0.05, 0.1) is 25.1 Å². The van der Waals surface area contributed by atoms with Gasteiger partial charge in [0.1, 0.15) is 11.5 Å². The first-order chi connectivity index (χ1) is 13.2. The molecule has 0 bridgehead atoms. The van der Waals surface area contributed by atoms with Gasteiger partial charge in [-0.15, -0.1) is 24.0 Å². The Morgan fingerprint density at radius 2 is 1.93 bits per heavy atom. The Labute approximate surface area is 184 Å². The number of nitrogens with one attached hydrogen (secondary N) is 2. The van der Waals surface area contributed by atoms with Gasteiger partial charge in [-0.1, -0.05) is 12.2 Å². The van der Waals surface area contributed by atoms with Gasteiger partial charge in [-0.3, -0.25) is 9.89 Å². The van der Waals surface area contributed by atoms with Gasteiger partial charge in [-0.05, 0) is 57.1 Å². The lowest BCUT2D eigenvalue weighted by atomic mass is 10.2. The van der Waals surface area contributed by atoms with E-state index in [-0.39, 0.29) is 30.0 Å². The predicted octanol–water partition coefficient (Wildman–Crippen LogP) is 3.98. The molecule has 1 unspecified atom stereocenters. The van der Waals surface area contributed by atoms with Crippen LogP contribution in [0, 0.1) is 0 Å². The SMILES string of the molecule is C=C(C)CNC(=NCC(c1ccco1)N1CCCC1)NCCc1ccco1.I. The van der Waals surface area contributed by atoms with Gasteiger partial charge in [0.15, 0.2) is 5.96 Å². The molecular formula is C21H31IN4O2. The van der Waals surface area contributed by atoms with Crippen LogP contribution in [-0.4, -0.2) is 43.6 Å². The molecule has 1 saturated heterocycles. The van der Waals surface area contributed by atoms with Crippen LogP contribution in [0.15, 0.2) is 62.8 Å². The van der Waals surface area contributed by atoms with Crippen molar-refractivity contribution < 1.29 is 8.83 Å². The highest BCUT2D eigenvalue weighted by Crippen LogP contribution is 2.25. The van der Waals surface area contributed by atoms with Gasteiger partial charge in [0.25, 0.3) is 0 Å². The molecule has 1 aliphatic rings. The number of hydrogen-bond acceptors (Lipinski definition) is 4. The van der Waals surface area contributed by atoms with Crippen molar-refractivity contribution in [1.82, 2.24) is 15.5 Å². The lowest BCUT2D eigenvalue weighted by molar-refractivity contribution is 0.221. The van der Waals surface area contributed by atoms with Crippen molar-refractivity contribution in [3.05, 3.63) is 60.5 Å².